The first-order chi connectivity index (χ1) is 13.3. The number of carbonyl (C=O) groups excluding carboxylic acids is 1. The third kappa shape index (κ3) is 7.43. The van der Waals surface area contributed by atoms with E-state index in [1.807, 2.05) is 18.2 Å². The van der Waals surface area contributed by atoms with Gasteiger partial charge in [-0.15, -0.1) is 0 Å². The van der Waals surface area contributed by atoms with E-state index in [0.29, 0.717) is 23.4 Å². The minimum absolute atomic E-state index is 0.0102. The summed E-state index contributed by atoms with van der Waals surface area (Å²) < 4.78 is 5.67. The number of ketones is 1. The minimum Gasteiger partial charge on any atom is -0.491 e. The topological polar surface area (TPSA) is 67.6 Å². The van der Waals surface area contributed by atoms with Crippen LogP contribution >= 0.6 is 0 Å². The van der Waals surface area contributed by atoms with E-state index < -0.39 is 6.10 Å². The van der Waals surface area contributed by atoms with Crippen LogP contribution in [0.15, 0.2) is 54.6 Å². The van der Waals surface area contributed by atoms with Crippen molar-refractivity contribution in [1.82, 2.24) is 0 Å². The van der Waals surface area contributed by atoms with Crippen LogP contribution < -0.4 is 15.0 Å². The van der Waals surface area contributed by atoms with Gasteiger partial charge in [-0.3, -0.25) is 4.79 Å². The quantitative estimate of drug-likeness (QED) is 0.490. The van der Waals surface area contributed by atoms with Crippen molar-refractivity contribution >= 4 is 5.78 Å². The molecule has 0 heterocycles. The summed E-state index contributed by atoms with van der Waals surface area (Å²) in [6.45, 7) is 7.39. The molecule has 4 N–H and O–H groups in total. The van der Waals surface area contributed by atoms with Crippen LogP contribution in [0.4, 0.5) is 0 Å². The van der Waals surface area contributed by atoms with Crippen molar-refractivity contribution in [2.75, 3.05) is 40.3 Å². The molecule has 0 aliphatic rings. The highest BCUT2D eigenvalue weighted by atomic mass is 16.5. The highest BCUT2D eigenvalue weighted by Gasteiger charge is 2.24. The second kappa shape index (κ2) is 10.4. The summed E-state index contributed by atoms with van der Waals surface area (Å²) in [6, 6.07) is 16.3. The van der Waals surface area contributed by atoms with Crippen LogP contribution in [0, 0.1) is 5.41 Å². The number of rotatable bonds is 11. The molecular formula is C23H34N2O3+2. The van der Waals surface area contributed by atoms with Crippen LogP contribution in [0.3, 0.4) is 0 Å². The molecule has 0 radical (unpaired) electrons. The number of hydrogen-bond acceptors (Lipinski definition) is 3. The largest absolute Gasteiger partial charge is 0.491 e. The van der Waals surface area contributed by atoms with Crippen molar-refractivity contribution in [1.29, 1.82) is 0 Å². The summed E-state index contributed by atoms with van der Waals surface area (Å²) in [7, 11) is 4.31. The van der Waals surface area contributed by atoms with Gasteiger partial charge in [-0.25, -0.2) is 0 Å². The molecule has 2 aromatic rings. The molecule has 1 atom stereocenters. The third-order valence-corrected chi connectivity index (χ3v) is 4.56. The van der Waals surface area contributed by atoms with Crippen molar-refractivity contribution in [3.05, 3.63) is 65.7 Å². The van der Waals surface area contributed by atoms with Gasteiger partial charge in [0.2, 0.25) is 0 Å². The van der Waals surface area contributed by atoms with Crippen molar-refractivity contribution in [2.45, 2.75) is 20.0 Å². The number of quaternary nitrogens is 2. The number of benzene rings is 2. The Morgan fingerprint density at radius 1 is 1.07 bits per heavy atom. The lowest BCUT2D eigenvalue weighted by atomic mass is 9.93. The standard InChI is InChI=1S/C23H32N2O3/c1-23(2,17-25(3)4)16-24-14-20(26)15-28-21-12-10-19(11-13-21)22(27)18-8-6-5-7-9-18/h5-13,20,24,26H,14-17H2,1-4H3/p+2/t20-/m0/s1. The molecule has 0 bridgehead atoms. The molecule has 0 spiro atoms. The van der Waals surface area contributed by atoms with Gasteiger partial charge in [0.15, 0.2) is 5.78 Å². The molecule has 0 saturated carbocycles. The Bertz CT molecular complexity index is 727. The molecule has 0 aliphatic carbocycles. The number of aliphatic hydroxyl groups is 1. The smallest absolute Gasteiger partial charge is 0.193 e. The molecule has 5 nitrogen and oxygen atoms in total. The van der Waals surface area contributed by atoms with E-state index in [4.69, 9.17) is 4.74 Å². The normalized spacial score (nSPS) is 12.8. The first-order valence-electron chi connectivity index (χ1n) is 9.88. The molecule has 0 fully saturated rings. The molecule has 0 amide bonds. The van der Waals surface area contributed by atoms with Gasteiger partial charge in [0.05, 0.1) is 32.6 Å². The monoisotopic (exact) mass is 386 g/mol. The number of nitrogens with one attached hydrogen (secondary N) is 1. The summed E-state index contributed by atoms with van der Waals surface area (Å²) in [4.78, 5) is 13.8. The third-order valence-electron chi connectivity index (χ3n) is 4.56. The van der Waals surface area contributed by atoms with Crippen molar-refractivity contribution in [3.63, 3.8) is 0 Å². The highest BCUT2D eigenvalue weighted by molar-refractivity contribution is 6.08. The zero-order valence-corrected chi connectivity index (χ0v) is 17.4. The molecule has 0 saturated heterocycles. The average Bonchev–Trinajstić information content (AvgIpc) is 2.65. The summed E-state index contributed by atoms with van der Waals surface area (Å²) in [5.41, 5.74) is 1.51. The van der Waals surface area contributed by atoms with E-state index in [1.54, 1.807) is 36.4 Å². The molecule has 0 unspecified atom stereocenters. The second-order valence-electron chi connectivity index (χ2n) is 8.46. The Morgan fingerprint density at radius 2 is 1.68 bits per heavy atom. The van der Waals surface area contributed by atoms with Crippen LogP contribution in [0.5, 0.6) is 5.75 Å². The molecule has 28 heavy (non-hydrogen) atoms. The van der Waals surface area contributed by atoms with Gasteiger partial charge in [0.1, 0.15) is 25.0 Å². The number of ether oxygens (including phenoxy) is 1. The molecule has 2 aromatic carbocycles. The fourth-order valence-electron chi connectivity index (χ4n) is 3.41. The van der Waals surface area contributed by atoms with E-state index in [1.165, 1.54) is 4.90 Å². The fraction of sp³-hybridized carbons (Fsp3) is 0.435. The molecule has 5 heteroatoms. The van der Waals surface area contributed by atoms with Gasteiger partial charge in [-0.1, -0.05) is 30.3 Å². The van der Waals surface area contributed by atoms with E-state index in [0.717, 1.165) is 13.1 Å². The molecular weight excluding hydrogens is 352 g/mol. The number of hydrogen-bond donors (Lipinski definition) is 3. The molecule has 0 aromatic heterocycles. The summed E-state index contributed by atoms with van der Waals surface area (Å²) in [6.07, 6.45) is -0.534. The predicted octanol–water partition coefficient (Wildman–Crippen LogP) is 0.391. The van der Waals surface area contributed by atoms with E-state index in [9.17, 15) is 9.90 Å². The van der Waals surface area contributed by atoms with Gasteiger partial charge < -0.3 is 20.1 Å². The van der Waals surface area contributed by atoms with Gasteiger partial charge in [0.25, 0.3) is 0 Å². The first kappa shape index (κ1) is 22.1. The highest BCUT2D eigenvalue weighted by Crippen LogP contribution is 2.15. The van der Waals surface area contributed by atoms with Crippen LogP contribution in [-0.2, 0) is 0 Å². The summed E-state index contributed by atoms with van der Waals surface area (Å²) in [5.74, 6) is 0.643. The van der Waals surface area contributed by atoms with Crippen LogP contribution in [-0.4, -0.2) is 57.3 Å². The van der Waals surface area contributed by atoms with Crippen LogP contribution in [0.25, 0.3) is 0 Å². The van der Waals surface area contributed by atoms with Gasteiger partial charge in [0, 0.05) is 11.1 Å². The Labute approximate surface area is 168 Å². The Morgan fingerprint density at radius 3 is 2.29 bits per heavy atom. The van der Waals surface area contributed by atoms with Crippen molar-refractivity contribution < 1.29 is 24.9 Å². The summed E-state index contributed by atoms with van der Waals surface area (Å²) >= 11 is 0. The van der Waals surface area contributed by atoms with Gasteiger partial charge >= 0.3 is 0 Å². The lowest BCUT2D eigenvalue weighted by Crippen LogP contribution is -3.08. The lowest BCUT2D eigenvalue weighted by Gasteiger charge is -2.24. The average molecular weight is 387 g/mol. The molecule has 0 aliphatic heterocycles. The van der Waals surface area contributed by atoms with Crippen LogP contribution in [0.2, 0.25) is 0 Å². The van der Waals surface area contributed by atoms with E-state index >= 15 is 0 Å². The van der Waals surface area contributed by atoms with Crippen molar-refractivity contribution in [3.8, 4) is 5.75 Å². The molecule has 152 valence electrons. The lowest BCUT2D eigenvalue weighted by molar-refractivity contribution is -0.868. The zero-order chi connectivity index (χ0) is 20.6. The Kier molecular flexibility index (Phi) is 8.18. The summed E-state index contributed by atoms with van der Waals surface area (Å²) in [5, 5.41) is 12.3. The number of aliphatic hydroxyl groups excluding tert-OH is 1. The predicted molar refractivity (Wildman–Crippen MR) is 111 cm³/mol. The van der Waals surface area contributed by atoms with Crippen LogP contribution in [0.1, 0.15) is 29.8 Å². The van der Waals surface area contributed by atoms with Crippen molar-refractivity contribution in [2.24, 2.45) is 5.41 Å². The second-order valence-corrected chi connectivity index (χ2v) is 8.46. The van der Waals surface area contributed by atoms with Gasteiger partial charge in [-0.2, -0.15) is 0 Å². The number of carbonyl (C=O) groups is 1. The maximum Gasteiger partial charge on any atom is 0.193 e. The molecule has 2 rings (SSSR count). The zero-order valence-electron chi connectivity index (χ0n) is 17.4. The first-order valence-corrected chi connectivity index (χ1v) is 9.88. The Balaban J connectivity index is 1.76. The maximum absolute atomic E-state index is 12.4. The number of nitrogens with two attached hydrogens (primary N) is 1. The van der Waals surface area contributed by atoms with E-state index in [-0.39, 0.29) is 17.8 Å². The SMILES string of the molecule is C[NH+](C)CC(C)(C)C[NH2+]C[C@H](O)COc1ccc(C(=O)c2ccccc2)cc1. The minimum atomic E-state index is -0.534. The Hall–Kier alpha value is -2.21. The fourth-order valence-corrected chi connectivity index (χ4v) is 3.41. The maximum atomic E-state index is 12.4. The van der Waals surface area contributed by atoms with E-state index in [2.05, 4.69) is 33.3 Å². The van der Waals surface area contributed by atoms with Gasteiger partial charge in [-0.05, 0) is 38.1 Å².